The van der Waals surface area contributed by atoms with E-state index in [2.05, 4.69) is 16.5 Å². The molecule has 0 unspecified atom stereocenters. The lowest BCUT2D eigenvalue weighted by molar-refractivity contribution is -0.127. The number of fused-ring (bicyclic) bond motifs is 1. The first kappa shape index (κ1) is 30.0. The highest BCUT2D eigenvalue weighted by atomic mass is 32.2. The van der Waals surface area contributed by atoms with Crippen molar-refractivity contribution in [3.63, 3.8) is 0 Å². The van der Waals surface area contributed by atoms with E-state index in [0.717, 1.165) is 35.1 Å². The predicted molar refractivity (Wildman–Crippen MR) is 156 cm³/mol. The standard InChI is InChI=1S/C30H28F3N5O4S/c1-6-24(39)36-14-17(3)37(18(4)15-36)29-19-13-22(33)26(25-20(31)10-8-11-21(25)32)34-28(19)38(30(40)35-29)27-16(2)9-7-12-23(27)43(5,41)42/h6-13,17-18H,1,14-15H2,2-5H3/t17-,18+. The van der Waals surface area contributed by atoms with Gasteiger partial charge in [0.2, 0.25) is 5.91 Å². The third kappa shape index (κ3) is 5.18. The van der Waals surface area contributed by atoms with Crippen molar-refractivity contribution in [1.82, 2.24) is 19.4 Å². The van der Waals surface area contributed by atoms with Gasteiger partial charge in [-0.15, -0.1) is 0 Å². The molecule has 1 amide bonds. The van der Waals surface area contributed by atoms with Crippen LogP contribution in [0.1, 0.15) is 19.4 Å². The van der Waals surface area contributed by atoms with Gasteiger partial charge in [-0.2, -0.15) is 4.98 Å². The number of benzene rings is 2. The highest BCUT2D eigenvalue weighted by Gasteiger charge is 2.35. The fourth-order valence-electron chi connectivity index (χ4n) is 5.67. The van der Waals surface area contributed by atoms with E-state index in [4.69, 9.17) is 0 Å². The fourth-order valence-corrected chi connectivity index (χ4v) is 6.60. The second-order valence-corrected chi connectivity index (χ2v) is 12.6. The number of aromatic nitrogens is 3. The van der Waals surface area contributed by atoms with E-state index in [9.17, 15) is 26.8 Å². The van der Waals surface area contributed by atoms with Gasteiger partial charge in [-0.05, 0) is 56.7 Å². The Morgan fingerprint density at radius 2 is 1.60 bits per heavy atom. The number of pyridine rings is 1. The first-order chi connectivity index (χ1) is 20.2. The van der Waals surface area contributed by atoms with Gasteiger partial charge in [0.25, 0.3) is 0 Å². The molecule has 0 spiro atoms. The molecule has 0 saturated carbocycles. The maximum absolute atomic E-state index is 15.8. The smallest absolute Gasteiger partial charge is 0.347 e. The minimum absolute atomic E-state index is 0.00231. The molecule has 2 aromatic heterocycles. The molecule has 0 N–H and O–H groups in total. The molecule has 9 nitrogen and oxygen atoms in total. The van der Waals surface area contributed by atoms with Crippen molar-refractivity contribution in [2.45, 2.75) is 37.8 Å². The molecule has 3 heterocycles. The van der Waals surface area contributed by atoms with Crippen LogP contribution in [0.5, 0.6) is 0 Å². The van der Waals surface area contributed by atoms with Crippen molar-refractivity contribution in [2.75, 3.05) is 24.2 Å². The first-order valence-corrected chi connectivity index (χ1v) is 15.2. The zero-order chi connectivity index (χ0) is 31.4. The normalized spacial score (nSPS) is 17.4. The SMILES string of the molecule is C=CC(=O)N1C[C@@H](C)N(c2nc(=O)n(-c3c(C)cccc3S(C)(=O)=O)c3nc(-c4c(F)cccc4F)c(F)cc23)[C@@H](C)C1. The summed E-state index contributed by atoms with van der Waals surface area (Å²) >= 11 is 0. The lowest BCUT2D eigenvalue weighted by Crippen LogP contribution is -2.58. The number of rotatable bonds is 5. The maximum atomic E-state index is 15.8. The summed E-state index contributed by atoms with van der Waals surface area (Å²) in [6.07, 6.45) is 2.18. The van der Waals surface area contributed by atoms with Crippen molar-refractivity contribution in [1.29, 1.82) is 0 Å². The molecule has 5 rings (SSSR count). The van der Waals surface area contributed by atoms with E-state index in [1.807, 2.05) is 0 Å². The zero-order valence-electron chi connectivity index (χ0n) is 23.8. The number of carbonyl (C=O) groups is 1. The molecule has 4 aromatic rings. The molecule has 2 aromatic carbocycles. The number of sulfone groups is 1. The molecule has 0 aliphatic carbocycles. The van der Waals surface area contributed by atoms with E-state index in [-0.39, 0.29) is 46.4 Å². The highest BCUT2D eigenvalue weighted by molar-refractivity contribution is 7.90. The fraction of sp³-hybridized carbons (Fsp3) is 0.267. The Kier molecular flexibility index (Phi) is 7.63. The Labute approximate surface area is 245 Å². The Morgan fingerprint density at radius 3 is 2.19 bits per heavy atom. The Morgan fingerprint density at radius 1 is 1.00 bits per heavy atom. The van der Waals surface area contributed by atoms with Gasteiger partial charge in [0.05, 0.1) is 21.5 Å². The second kappa shape index (κ2) is 11.0. The molecule has 224 valence electrons. The second-order valence-electron chi connectivity index (χ2n) is 10.6. The molecule has 0 bridgehead atoms. The maximum Gasteiger partial charge on any atom is 0.355 e. The summed E-state index contributed by atoms with van der Waals surface area (Å²) in [7, 11) is -3.90. The minimum Gasteiger partial charge on any atom is -0.347 e. The van der Waals surface area contributed by atoms with E-state index in [1.54, 1.807) is 36.6 Å². The third-order valence-electron chi connectivity index (χ3n) is 7.47. The molecule has 1 aliphatic heterocycles. The Hall–Kier alpha value is -4.52. The molecule has 43 heavy (non-hydrogen) atoms. The van der Waals surface area contributed by atoms with E-state index >= 15 is 4.39 Å². The number of nitrogens with zero attached hydrogens (tertiary/aromatic N) is 5. The van der Waals surface area contributed by atoms with E-state index in [0.29, 0.717) is 5.56 Å². The lowest BCUT2D eigenvalue weighted by Gasteiger charge is -2.45. The molecule has 2 atom stereocenters. The molecule has 13 heteroatoms. The van der Waals surface area contributed by atoms with Crippen LogP contribution in [0.4, 0.5) is 19.0 Å². The number of aryl methyl sites for hydroxylation is 1. The zero-order valence-corrected chi connectivity index (χ0v) is 24.6. The molecular weight excluding hydrogens is 583 g/mol. The van der Waals surface area contributed by atoms with Crippen LogP contribution in [-0.4, -0.2) is 65.2 Å². The van der Waals surface area contributed by atoms with Gasteiger partial charge in [-0.3, -0.25) is 4.79 Å². The molecule has 1 fully saturated rings. The summed E-state index contributed by atoms with van der Waals surface area (Å²) in [4.78, 5) is 38.0. The minimum atomic E-state index is -3.90. The monoisotopic (exact) mass is 611 g/mol. The van der Waals surface area contributed by atoms with E-state index < -0.39 is 56.3 Å². The van der Waals surface area contributed by atoms with Crippen molar-refractivity contribution < 1.29 is 26.4 Å². The van der Waals surface area contributed by atoms with Gasteiger partial charge >= 0.3 is 5.69 Å². The van der Waals surface area contributed by atoms with Crippen LogP contribution >= 0.6 is 0 Å². The molecular formula is C30H28F3N5O4S. The van der Waals surface area contributed by atoms with Crippen molar-refractivity contribution >= 4 is 32.6 Å². The number of anilines is 1. The van der Waals surface area contributed by atoms with E-state index in [1.165, 1.54) is 18.2 Å². The summed E-state index contributed by atoms with van der Waals surface area (Å²) in [5, 5.41) is 0.00231. The summed E-state index contributed by atoms with van der Waals surface area (Å²) in [5.74, 6) is -3.48. The average molecular weight is 612 g/mol. The number of halogens is 3. The van der Waals surface area contributed by atoms with Crippen LogP contribution in [0.3, 0.4) is 0 Å². The molecule has 1 aliphatic rings. The Balaban J connectivity index is 1.89. The number of hydrogen-bond donors (Lipinski definition) is 0. The Bertz CT molecular complexity index is 1950. The van der Waals surface area contributed by atoms with Gasteiger partial charge in [0.1, 0.15) is 23.1 Å². The van der Waals surface area contributed by atoms with Crippen LogP contribution in [0.25, 0.3) is 28.0 Å². The van der Waals surface area contributed by atoms with Crippen LogP contribution in [-0.2, 0) is 14.6 Å². The van der Waals surface area contributed by atoms with Crippen LogP contribution in [0.2, 0.25) is 0 Å². The predicted octanol–water partition coefficient (Wildman–Crippen LogP) is 4.19. The van der Waals surface area contributed by atoms with Gasteiger partial charge < -0.3 is 9.80 Å². The van der Waals surface area contributed by atoms with Gasteiger partial charge in [0, 0.05) is 31.4 Å². The van der Waals surface area contributed by atoms with Gasteiger partial charge in [0.15, 0.2) is 21.3 Å². The largest absolute Gasteiger partial charge is 0.355 e. The van der Waals surface area contributed by atoms with Crippen LogP contribution in [0, 0.1) is 24.4 Å². The van der Waals surface area contributed by atoms with Gasteiger partial charge in [-0.25, -0.2) is 35.9 Å². The van der Waals surface area contributed by atoms with Gasteiger partial charge in [-0.1, -0.05) is 24.8 Å². The van der Waals surface area contributed by atoms with Crippen molar-refractivity contribution in [3.05, 3.63) is 88.6 Å². The molecule has 0 radical (unpaired) electrons. The van der Waals surface area contributed by atoms with Crippen molar-refractivity contribution in [2.24, 2.45) is 0 Å². The topological polar surface area (TPSA) is 105 Å². The third-order valence-corrected chi connectivity index (χ3v) is 8.60. The van der Waals surface area contributed by atoms with Crippen molar-refractivity contribution in [3.8, 4) is 16.9 Å². The summed E-state index contributed by atoms with van der Waals surface area (Å²) in [5.41, 5.74) is -2.34. The summed E-state index contributed by atoms with van der Waals surface area (Å²) in [6, 6.07) is 7.59. The molecule has 1 saturated heterocycles. The number of amides is 1. The number of piperazine rings is 1. The number of hydrogen-bond acceptors (Lipinski definition) is 7. The first-order valence-electron chi connectivity index (χ1n) is 13.3. The number of para-hydroxylation sites is 1. The van der Waals surface area contributed by atoms with Crippen LogP contribution in [0.15, 0.2) is 64.8 Å². The quantitative estimate of drug-likeness (QED) is 0.312. The average Bonchev–Trinajstić information content (AvgIpc) is 2.92. The highest BCUT2D eigenvalue weighted by Crippen LogP contribution is 2.35. The van der Waals surface area contributed by atoms with Crippen LogP contribution < -0.4 is 10.6 Å². The summed E-state index contributed by atoms with van der Waals surface area (Å²) < 4.78 is 72.1. The summed E-state index contributed by atoms with van der Waals surface area (Å²) in [6.45, 7) is 9.20. The number of carbonyl (C=O) groups excluding carboxylic acids is 1. The lowest BCUT2D eigenvalue weighted by atomic mass is 10.1.